The number of rotatable bonds is 0. The van der Waals surface area contributed by atoms with Crippen molar-refractivity contribution in [1.29, 1.82) is 0 Å². The zero-order chi connectivity index (χ0) is 2.00. The second kappa shape index (κ2) is 18.2. The van der Waals surface area contributed by atoms with Gasteiger partial charge in [0.25, 0.3) is 0 Å². The summed E-state index contributed by atoms with van der Waals surface area (Å²) in [6, 6.07) is 0. The predicted molar refractivity (Wildman–Crippen MR) is 25.6 cm³/mol. The van der Waals surface area contributed by atoms with Gasteiger partial charge < -0.3 is 0 Å². The molecule has 0 fully saturated rings. The molecule has 0 rings (SSSR count). The van der Waals surface area contributed by atoms with E-state index in [2.05, 4.69) is 0 Å². The van der Waals surface area contributed by atoms with Gasteiger partial charge in [-0.2, -0.15) is 0 Å². The second-order valence-corrected chi connectivity index (χ2v) is 0. The van der Waals surface area contributed by atoms with Crippen LogP contribution in [0.4, 0.5) is 0 Å². The second-order valence-electron chi connectivity index (χ2n) is 0. The van der Waals surface area contributed by atoms with Crippen molar-refractivity contribution in [3.05, 3.63) is 0 Å². The Morgan fingerprint density at radius 2 is 1.25 bits per heavy atom. The summed E-state index contributed by atoms with van der Waals surface area (Å²) in [6.45, 7) is 0. The summed E-state index contributed by atoms with van der Waals surface area (Å²) in [4.78, 5) is 0. The van der Waals surface area contributed by atoms with Crippen LogP contribution in [0.15, 0.2) is 0 Å². The van der Waals surface area contributed by atoms with Crippen LogP contribution in [0.25, 0.3) is 0 Å². The van der Waals surface area contributed by atoms with Gasteiger partial charge in [-0.25, -0.2) is 0 Å². The van der Waals surface area contributed by atoms with Gasteiger partial charge in [-0.05, 0) is 0 Å². The van der Waals surface area contributed by atoms with E-state index in [0.717, 1.165) is 0 Å². The smallest absolute Gasteiger partial charge is 0 e. The Hall–Kier alpha value is 2.37. The van der Waals surface area contributed by atoms with Crippen molar-refractivity contribution < 1.29 is 19.5 Å². The van der Waals surface area contributed by atoms with Crippen LogP contribution in [0.2, 0.25) is 0 Å². The molecule has 0 saturated carbocycles. The molecule has 0 nitrogen and oxygen atoms in total. The van der Waals surface area contributed by atoms with Crippen molar-refractivity contribution in [2.75, 3.05) is 0 Å². The van der Waals surface area contributed by atoms with Crippen molar-refractivity contribution in [3.63, 3.8) is 0 Å². The van der Waals surface area contributed by atoms with Crippen LogP contribution in [-0.4, -0.2) is 54.0 Å². The molecule has 0 N–H and O–H groups in total. The first-order valence-electron chi connectivity index (χ1n) is 1.00. The van der Waals surface area contributed by atoms with Gasteiger partial charge in [-0.3, -0.25) is 0 Å². The quantitative estimate of drug-likeness (QED) is 0.328. The Kier molecular flexibility index (Phi) is 73.8. The summed E-state index contributed by atoms with van der Waals surface area (Å²) in [6.07, 6.45) is 0. The third kappa shape index (κ3) is 8.84. The third-order valence-electron chi connectivity index (χ3n) is 0. The monoisotopic (exact) mass is 148 g/mol. The summed E-state index contributed by atoms with van der Waals surface area (Å²) in [5.41, 5.74) is 0. The van der Waals surface area contributed by atoms with Gasteiger partial charge in [0.2, 0.25) is 0 Å². The molecule has 0 saturated heterocycles. The molecule has 0 amide bonds. The fourth-order valence-electron chi connectivity index (χ4n) is 0. The van der Waals surface area contributed by atoms with Crippen molar-refractivity contribution in [2.24, 2.45) is 0 Å². The Morgan fingerprint density at radius 3 is 1.25 bits per heavy atom. The van der Waals surface area contributed by atoms with Crippen LogP contribution < -0.4 is 0 Å². The summed E-state index contributed by atoms with van der Waals surface area (Å²) in [7, 11) is 1.44. The van der Waals surface area contributed by atoms with Crippen molar-refractivity contribution >= 4 is 54.0 Å². The SMILES string of the molecule is [AlH2][SiH3].[NaH].[Zn]. The van der Waals surface area contributed by atoms with Crippen molar-refractivity contribution in [3.8, 4) is 0 Å². The van der Waals surface area contributed by atoms with E-state index in [4.69, 9.17) is 0 Å². The first-order chi connectivity index (χ1) is 1.00. The summed E-state index contributed by atoms with van der Waals surface area (Å²) in [5.74, 6) is 0. The Labute approximate surface area is 72.4 Å². The summed E-state index contributed by atoms with van der Waals surface area (Å²) in [5, 5.41) is 0. The molecule has 0 atom stereocenters. The first kappa shape index (κ1) is 16.2. The summed E-state index contributed by atoms with van der Waals surface area (Å²) >= 11 is 1.44. The maximum atomic E-state index is 1.44. The van der Waals surface area contributed by atoms with Crippen molar-refractivity contribution in [2.45, 2.75) is 0 Å². The average Bonchev–Trinajstić information content (AvgIpc) is 1.00. The molecule has 0 aliphatic carbocycles. The Bertz CT molecular complexity index is 8.00. The predicted octanol–water partition coefficient (Wildman–Crippen LogP) is -2.75. The van der Waals surface area contributed by atoms with E-state index in [1.807, 2.05) is 0 Å². The molecule has 0 aromatic carbocycles. The largest absolute Gasteiger partial charge is 0 e. The topological polar surface area (TPSA) is 0 Å². The van der Waals surface area contributed by atoms with Crippen LogP contribution in [0.3, 0.4) is 0 Å². The molecule has 0 aromatic rings. The third-order valence-corrected chi connectivity index (χ3v) is 0. The molecule has 0 aliphatic heterocycles. The van der Waals surface area contributed by atoms with Gasteiger partial charge in [0.1, 0.15) is 0 Å². The van der Waals surface area contributed by atoms with E-state index < -0.39 is 0 Å². The Morgan fingerprint density at radius 1 is 1.25 bits per heavy atom. The minimum Gasteiger partial charge on any atom is 0 e. The van der Waals surface area contributed by atoms with Crippen LogP contribution in [-0.2, 0) is 19.5 Å². The van der Waals surface area contributed by atoms with Crippen LogP contribution in [0.5, 0.6) is 0 Å². The zero-order valence-electron chi connectivity index (χ0n) is 2.71. The fourth-order valence-corrected chi connectivity index (χ4v) is 0. The van der Waals surface area contributed by atoms with Crippen molar-refractivity contribution in [1.82, 2.24) is 0 Å². The molecular formula is H6AlNaSiZn. The molecular weight excluding hydrogens is 143 g/mol. The van der Waals surface area contributed by atoms with E-state index in [1.54, 1.807) is 0 Å². The number of hydrogen-bond acceptors (Lipinski definition) is 0. The van der Waals surface area contributed by atoms with Crippen LogP contribution in [0, 0.1) is 0 Å². The van der Waals surface area contributed by atoms with E-state index >= 15 is 0 Å². The minimum absolute atomic E-state index is 0. The van der Waals surface area contributed by atoms with Crippen LogP contribution >= 0.6 is 0 Å². The van der Waals surface area contributed by atoms with Gasteiger partial charge >= 0.3 is 29.6 Å². The zero-order valence-corrected chi connectivity index (χ0v) is 9.67. The molecule has 4 heteroatoms. The molecule has 0 aromatic heterocycles. The van der Waals surface area contributed by atoms with E-state index in [-0.39, 0.29) is 49.0 Å². The molecule has 0 spiro atoms. The summed E-state index contributed by atoms with van der Waals surface area (Å²) < 4.78 is 0. The van der Waals surface area contributed by atoms with Crippen LogP contribution in [0.1, 0.15) is 0 Å². The van der Waals surface area contributed by atoms with E-state index in [0.29, 0.717) is 0 Å². The molecule has 0 aliphatic rings. The van der Waals surface area contributed by atoms with E-state index in [1.165, 1.54) is 24.4 Å². The maximum absolute atomic E-state index is 1.44. The fraction of sp³-hybridized carbons (Fsp3) is 0. The van der Waals surface area contributed by atoms with Gasteiger partial charge in [0.15, 0.2) is 15.6 Å². The van der Waals surface area contributed by atoms with E-state index in [9.17, 15) is 0 Å². The minimum atomic E-state index is 0. The Balaban J connectivity index is -0.00000000500. The molecule has 16 valence electrons. The number of hydrogen-bond donors (Lipinski definition) is 0. The molecule has 4 heavy (non-hydrogen) atoms. The van der Waals surface area contributed by atoms with Gasteiger partial charge in [-0.15, -0.1) is 0 Å². The van der Waals surface area contributed by atoms with Gasteiger partial charge in [0, 0.05) is 19.5 Å². The molecule has 0 heterocycles. The standard InChI is InChI=1S/Al.Na.H3Si.Zn.3H/h;;1H3;;;;. The van der Waals surface area contributed by atoms with Gasteiger partial charge in [0.05, 0.1) is 0 Å². The normalized spacial score (nSPS) is 2.00. The first-order valence-corrected chi connectivity index (χ1v) is 9.00. The maximum Gasteiger partial charge on any atom is 0 e. The molecule has 0 bridgehead atoms. The molecule has 0 radical (unpaired) electrons. The molecule has 0 unspecified atom stereocenters. The van der Waals surface area contributed by atoms with Gasteiger partial charge in [-0.1, -0.05) is 8.80 Å². The average molecular weight is 149 g/mol.